The van der Waals surface area contributed by atoms with E-state index >= 15 is 0 Å². The minimum atomic E-state index is -0.100. The molecule has 2 fully saturated rings. The third-order valence-electron chi connectivity index (χ3n) is 7.01. The van der Waals surface area contributed by atoms with Gasteiger partial charge in [0.15, 0.2) is 0 Å². The molecule has 0 heterocycles. The van der Waals surface area contributed by atoms with Crippen LogP contribution < -0.4 is 0 Å². The summed E-state index contributed by atoms with van der Waals surface area (Å²) in [6, 6.07) is 5.98. The van der Waals surface area contributed by atoms with Crippen molar-refractivity contribution in [3.05, 3.63) is 29.3 Å². The van der Waals surface area contributed by atoms with Crippen LogP contribution in [0.15, 0.2) is 18.2 Å². The van der Waals surface area contributed by atoms with Crippen molar-refractivity contribution in [2.75, 3.05) is 6.61 Å². The first-order valence-electron chi connectivity index (χ1n) is 10.5. The Morgan fingerprint density at radius 2 is 1.81 bits per heavy atom. The van der Waals surface area contributed by atoms with Crippen LogP contribution in [-0.2, 0) is 6.42 Å². The number of aromatic hydroxyl groups is 1. The molecule has 3 heteroatoms. The van der Waals surface area contributed by atoms with Crippen molar-refractivity contribution in [3.8, 4) is 5.75 Å². The summed E-state index contributed by atoms with van der Waals surface area (Å²) in [6.45, 7) is 10.6. The number of hydrogen-bond donors (Lipinski definition) is 3. The van der Waals surface area contributed by atoms with Crippen LogP contribution >= 0.6 is 0 Å². The molecule has 3 aliphatic rings. The van der Waals surface area contributed by atoms with Crippen molar-refractivity contribution in [1.29, 1.82) is 0 Å². The highest BCUT2D eigenvalue weighted by Gasteiger charge is 2.55. The van der Waals surface area contributed by atoms with E-state index in [4.69, 9.17) is 5.11 Å². The number of phenols is 1. The van der Waals surface area contributed by atoms with E-state index in [0.717, 1.165) is 19.3 Å². The molecule has 0 aromatic heterocycles. The van der Waals surface area contributed by atoms with Gasteiger partial charge in [0.05, 0.1) is 6.10 Å². The zero-order chi connectivity index (χ0) is 19.5. The molecule has 3 N–H and O–H groups in total. The topological polar surface area (TPSA) is 60.7 Å². The fourth-order valence-corrected chi connectivity index (χ4v) is 5.94. The maximum atomic E-state index is 10.5. The fraction of sp³-hybridized carbons (Fsp3) is 0.739. The molecule has 1 aromatic carbocycles. The van der Waals surface area contributed by atoms with Gasteiger partial charge in [-0.15, -0.1) is 0 Å². The third kappa shape index (κ3) is 3.66. The number of aliphatic hydroxyl groups excluding tert-OH is 2. The zero-order valence-electron chi connectivity index (χ0n) is 17.2. The number of aliphatic hydroxyl groups is 2. The van der Waals surface area contributed by atoms with E-state index in [9.17, 15) is 10.2 Å². The molecule has 6 atom stereocenters. The highest BCUT2D eigenvalue weighted by atomic mass is 16.3. The number of fused-ring (bicyclic) bond motifs is 5. The minimum Gasteiger partial charge on any atom is -0.508 e. The monoisotopic (exact) mass is 362 g/mol. The van der Waals surface area contributed by atoms with Gasteiger partial charge in [0.1, 0.15) is 5.75 Å². The summed E-state index contributed by atoms with van der Waals surface area (Å²) in [7, 11) is 0. The lowest BCUT2D eigenvalue weighted by Crippen LogP contribution is -2.46. The highest BCUT2D eigenvalue weighted by molar-refractivity contribution is 5.40. The van der Waals surface area contributed by atoms with E-state index in [0.29, 0.717) is 29.4 Å². The summed E-state index contributed by atoms with van der Waals surface area (Å²) >= 11 is 0. The number of hydrogen-bond acceptors (Lipinski definition) is 3. The molecule has 2 saturated carbocycles. The van der Waals surface area contributed by atoms with Crippen LogP contribution in [0.25, 0.3) is 0 Å². The average Bonchev–Trinajstić information content (AvgIpc) is 2.92. The first-order chi connectivity index (χ1) is 12.4. The van der Waals surface area contributed by atoms with Gasteiger partial charge in [-0.25, -0.2) is 0 Å². The first kappa shape index (κ1) is 21.2. The van der Waals surface area contributed by atoms with Crippen molar-refractivity contribution in [2.45, 2.75) is 78.7 Å². The standard InChI is InChI=1S/C19H26O2.C2H6O.C2H6/c1-11-9-12-10-13(20)3-4-14(12)15-7-8-19(2)16(18(11)15)5-6-17(19)21;1-2-3;1-2/h3-4,10-11,15-18,20-21H,5-9H2,1-2H3;3H,2H2,1H3;1-2H3. The lowest BCUT2D eigenvalue weighted by molar-refractivity contribution is -0.0356. The van der Waals surface area contributed by atoms with Gasteiger partial charge in [-0.2, -0.15) is 0 Å². The predicted octanol–water partition coefficient (Wildman–Crippen LogP) is 4.88. The number of phenolic OH excluding ortho intramolecular Hbond substituents is 1. The van der Waals surface area contributed by atoms with Crippen molar-refractivity contribution >= 4 is 0 Å². The van der Waals surface area contributed by atoms with Gasteiger partial charge >= 0.3 is 0 Å². The predicted molar refractivity (Wildman–Crippen MR) is 107 cm³/mol. The maximum Gasteiger partial charge on any atom is 0.115 e. The molecule has 4 rings (SSSR count). The van der Waals surface area contributed by atoms with Crippen LogP contribution in [0, 0.1) is 23.2 Å². The van der Waals surface area contributed by atoms with Gasteiger partial charge in [0.2, 0.25) is 0 Å². The molecular formula is C23H38O3. The van der Waals surface area contributed by atoms with Gasteiger partial charge < -0.3 is 15.3 Å². The van der Waals surface area contributed by atoms with Gasteiger partial charge in [0.25, 0.3) is 0 Å². The molecule has 0 saturated heterocycles. The van der Waals surface area contributed by atoms with Crippen LogP contribution in [-0.4, -0.2) is 28.0 Å². The second kappa shape index (κ2) is 8.75. The Labute approximate surface area is 159 Å². The lowest BCUT2D eigenvalue weighted by atomic mass is 9.53. The Morgan fingerprint density at radius 1 is 1.15 bits per heavy atom. The Kier molecular flexibility index (Phi) is 7.15. The number of rotatable bonds is 0. The minimum absolute atomic E-state index is 0.100. The smallest absolute Gasteiger partial charge is 0.115 e. The molecule has 0 spiro atoms. The summed E-state index contributed by atoms with van der Waals surface area (Å²) in [5.41, 5.74) is 2.97. The molecule has 0 aliphatic heterocycles. The van der Waals surface area contributed by atoms with Gasteiger partial charge in [0, 0.05) is 6.61 Å². The van der Waals surface area contributed by atoms with Gasteiger partial charge in [-0.3, -0.25) is 0 Å². The third-order valence-corrected chi connectivity index (χ3v) is 7.01. The first-order valence-corrected chi connectivity index (χ1v) is 10.5. The largest absolute Gasteiger partial charge is 0.508 e. The summed E-state index contributed by atoms with van der Waals surface area (Å²) < 4.78 is 0. The zero-order valence-corrected chi connectivity index (χ0v) is 17.2. The summed E-state index contributed by atoms with van der Waals surface area (Å²) in [4.78, 5) is 0. The molecule has 148 valence electrons. The van der Waals surface area contributed by atoms with Crippen molar-refractivity contribution in [3.63, 3.8) is 0 Å². The average molecular weight is 363 g/mol. The van der Waals surface area contributed by atoms with Crippen LogP contribution in [0.2, 0.25) is 0 Å². The molecule has 0 amide bonds. The van der Waals surface area contributed by atoms with E-state index in [1.54, 1.807) is 6.92 Å². The molecule has 3 aliphatic carbocycles. The summed E-state index contributed by atoms with van der Waals surface area (Å²) in [5.74, 6) is 3.06. The summed E-state index contributed by atoms with van der Waals surface area (Å²) in [6.07, 6.45) is 5.49. The van der Waals surface area contributed by atoms with Crippen molar-refractivity contribution in [2.24, 2.45) is 23.2 Å². The highest BCUT2D eigenvalue weighted by Crippen LogP contribution is 2.62. The molecule has 6 unspecified atom stereocenters. The molecule has 26 heavy (non-hydrogen) atoms. The molecule has 3 nitrogen and oxygen atoms in total. The Balaban J connectivity index is 0.000000444. The molecule has 0 radical (unpaired) electrons. The molecule has 0 bridgehead atoms. The number of benzene rings is 1. The van der Waals surface area contributed by atoms with Gasteiger partial charge in [-0.05, 0) is 91.4 Å². The second-order valence-corrected chi connectivity index (χ2v) is 8.31. The van der Waals surface area contributed by atoms with E-state index in [-0.39, 0.29) is 18.1 Å². The van der Waals surface area contributed by atoms with Crippen LogP contribution in [0.5, 0.6) is 5.75 Å². The SMILES string of the molecule is CC.CC1Cc2cc(O)ccc2C2CCC3(C)C(O)CCC3C12.CCO. The Bertz CT molecular complexity index is 585. The van der Waals surface area contributed by atoms with E-state index in [2.05, 4.69) is 19.9 Å². The summed E-state index contributed by atoms with van der Waals surface area (Å²) in [5, 5.41) is 27.8. The van der Waals surface area contributed by atoms with Gasteiger partial charge in [-0.1, -0.05) is 33.8 Å². The van der Waals surface area contributed by atoms with Crippen LogP contribution in [0.3, 0.4) is 0 Å². The van der Waals surface area contributed by atoms with E-state index in [1.165, 1.54) is 24.0 Å². The van der Waals surface area contributed by atoms with Crippen LogP contribution in [0.4, 0.5) is 0 Å². The Hall–Kier alpha value is -1.06. The second-order valence-electron chi connectivity index (χ2n) is 8.31. The quantitative estimate of drug-likeness (QED) is 0.616. The molecular weight excluding hydrogens is 324 g/mol. The Morgan fingerprint density at radius 3 is 2.46 bits per heavy atom. The van der Waals surface area contributed by atoms with Crippen molar-refractivity contribution in [1.82, 2.24) is 0 Å². The lowest BCUT2D eigenvalue weighted by Gasteiger charge is -2.52. The van der Waals surface area contributed by atoms with Crippen LogP contribution in [0.1, 0.15) is 77.3 Å². The van der Waals surface area contributed by atoms with E-state index < -0.39 is 0 Å². The maximum absolute atomic E-state index is 10.5. The molecule has 1 aromatic rings. The fourth-order valence-electron chi connectivity index (χ4n) is 5.94. The normalized spacial score (nSPS) is 37.1. The van der Waals surface area contributed by atoms with E-state index in [1.807, 2.05) is 26.0 Å². The van der Waals surface area contributed by atoms with Crippen molar-refractivity contribution < 1.29 is 15.3 Å².